The van der Waals surface area contributed by atoms with Gasteiger partial charge in [0.05, 0.1) is 23.1 Å². The summed E-state index contributed by atoms with van der Waals surface area (Å²) >= 11 is 1.11. The molecule has 184 valence electrons. The number of aromatic amines is 2. The number of pyridine rings is 2. The number of thiophene rings is 1. The summed E-state index contributed by atoms with van der Waals surface area (Å²) in [6.45, 7) is 2.06. The number of carbonyl (C=O) groups excluding carboxylic acids is 1. The zero-order chi connectivity index (χ0) is 25.4. The number of rotatable bonds is 7. The summed E-state index contributed by atoms with van der Waals surface area (Å²) < 4.78 is 13.7. The number of anilines is 1. The van der Waals surface area contributed by atoms with Gasteiger partial charge in [-0.1, -0.05) is 19.4 Å². The summed E-state index contributed by atoms with van der Waals surface area (Å²) in [6.07, 6.45) is 7.48. The molecule has 6 aromatic rings. The van der Waals surface area contributed by atoms with Crippen LogP contribution in [0.4, 0.5) is 10.1 Å². The molecule has 6 rings (SSSR count). The Morgan fingerprint density at radius 3 is 2.81 bits per heavy atom. The first-order valence-electron chi connectivity index (χ1n) is 12.1. The van der Waals surface area contributed by atoms with Gasteiger partial charge in [-0.15, -0.1) is 11.3 Å². The fourth-order valence-corrected chi connectivity index (χ4v) is 5.22. The predicted molar refractivity (Wildman–Crippen MR) is 146 cm³/mol. The van der Waals surface area contributed by atoms with Crippen molar-refractivity contribution in [1.29, 1.82) is 0 Å². The number of aromatic nitrogens is 5. The molecular formula is C28H23FN6OS. The van der Waals surface area contributed by atoms with E-state index in [0.717, 1.165) is 73.4 Å². The normalized spacial score (nSPS) is 11.4. The number of fused-ring (bicyclic) bond motifs is 2. The third kappa shape index (κ3) is 4.49. The molecule has 0 aliphatic rings. The largest absolute Gasteiger partial charge is 0.338 e. The van der Waals surface area contributed by atoms with Crippen LogP contribution in [0.3, 0.4) is 0 Å². The van der Waals surface area contributed by atoms with Gasteiger partial charge in [-0.25, -0.2) is 4.98 Å². The molecule has 0 radical (unpaired) electrons. The van der Waals surface area contributed by atoms with Gasteiger partial charge in [0, 0.05) is 45.6 Å². The molecule has 0 saturated carbocycles. The summed E-state index contributed by atoms with van der Waals surface area (Å²) in [5.41, 5.74) is 6.61. The van der Waals surface area contributed by atoms with Crippen molar-refractivity contribution in [3.8, 4) is 33.0 Å². The molecule has 0 spiro atoms. The molecular weight excluding hydrogens is 487 g/mol. The molecule has 3 N–H and O–H groups in total. The van der Waals surface area contributed by atoms with Crippen LogP contribution in [0.5, 0.6) is 0 Å². The van der Waals surface area contributed by atoms with Crippen LogP contribution < -0.4 is 5.32 Å². The number of H-pyrrole nitrogens is 2. The summed E-state index contributed by atoms with van der Waals surface area (Å²) in [7, 11) is 0. The van der Waals surface area contributed by atoms with Crippen molar-refractivity contribution in [2.45, 2.75) is 26.2 Å². The molecule has 7 nitrogen and oxygen atoms in total. The first-order chi connectivity index (χ1) is 18.1. The Morgan fingerprint density at radius 1 is 1.05 bits per heavy atom. The second kappa shape index (κ2) is 9.59. The minimum atomic E-state index is -0.222. The Balaban J connectivity index is 1.37. The van der Waals surface area contributed by atoms with Crippen LogP contribution in [0, 0.1) is 5.13 Å². The lowest BCUT2D eigenvalue weighted by atomic mass is 10.0. The zero-order valence-corrected chi connectivity index (χ0v) is 20.8. The zero-order valence-electron chi connectivity index (χ0n) is 20.0. The van der Waals surface area contributed by atoms with Crippen molar-refractivity contribution in [2.24, 2.45) is 0 Å². The summed E-state index contributed by atoms with van der Waals surface area (Å²) in [4.78, 5) is 25.2. The van der Waals surface area contributed by atoms with E-state index < -0.39 is 0 Å². The standard InChI is InChI=1S/C28H23FN6OS/c1-2-3-4-26(36)32-18-11-17(14-30-15-18)16-5-6-22-21(12-16)27(35-34-22)23-13-20-19(9-10-31-28(20)33-23)24-7-8-25(29)37-24/h5-15H,2-4H2,1H3,(H,31,33)(H,32,36)(H,34,35). The summed E-state index contributed by atoms with van der Waals surface area (Å²) in [6, 6.07) is 15.1. The van der Waals surface area contributed by atoms with Gasteiger partial charge in [-0.2, -0.15) is 9.49 Å². The SMILES string of the molecule is CCCCC(=O)Nc1cncc(-c2ccc3[nH]nc(-c4cc5c(-c6ccc(F)s6)ccnc5[nH]4)c3c2)c1. The van der Waals surface area contributed by atoms with E-state index in [2.05, 4.69) is 43.5 Å². The van der Waals surface area contributed by atoms with E-state index in [-0.39, 0.29) is 11.0 Å². The highest BCUT2D eigenvalue weighted by atomic mass is 32.1. The Hall–Kier alpha value is -4.37. The maximum absolute atomic E-state index is 13.7. The number of benzene rings is 1. The maximum Gasteiger partial charge on any atom is 0.224 e. The van der Waals surface area contributed by atoms with Gasteiger partial charge in [-0.05, 0) is 54.4 Å². The van der Waals surface area contributed by atoms with Crippen LogP contribution in [-0.2, 0) is 4.79 Å². The van der Waals surface area contributed by atoms with Gasteiger partial charge in [0.1, 0.15) is 11.3 Å². The van der Waals surface area contributed by atoms with Gasteiger partial charge >= 0.3 is 0 Å². The Kier molecular flexibility index (Phi) is 5.97. The Labute approximate surface area is 215 Å². The molecule has 0 aliphatic carbocycles. The van der Waals surface area contributed by atoms with Crippen molar-refractivity contribution >= 4 is 44.9 Å². The van der Waals surface area contributed by atoms with E-state index in [1.165, 1.54) is 6.07 Å². The van der Waals surface area contributed by atoms with E-state index in [9.17, 15) is 9.18 Å². The van der Waals surface area contributed by atoms with E-state index in [1.54, 1.807) is 24.7 Å². The minimum Gasteiger partial charge on any atom is -0.338 e. The average Bonchev–Trinajstić information content (AvgIpc) is 3.64. The van der Waals surface area contributed by atoms with E-state index in [1.807, 2.05) is 30.3 Å². The van der Waals surface area contributed by atoms with E-state index in [0.29, 0.717) is 17.8 Å². The lowest BCUT2D eigenvalue weighted by Gasteiger charge is -2.07. The summed E-state index contributed by atoms with van der Waals surface area (Å²) in [5, 5.41) is 12.2. The number of nitrogens with zero attached hydrogens (tertiary/aromatic N) is 3. The van der Waals surface area contributed by atoms with Crippen molar-refractivity contribution in [3.63, 3.8) is 0 Å². The molecule has 0 atom stereocenters. The topological polar surface area (TPSA) is 99.3 Å². The highest BCUT2D eigenvalue weighted by Gasteiger charge is 2.16. The highest BCUT2D eigenvalue weighted by molar-refractivity contribution is 7.14. The quantitative estimate of drug-likeness (QED) is 0.212. The molecule has 37 heavy (non-hydrogen) atoms. The van der Waals surface area contributed by atoms with Gasteiger partial charge in [-0.3, -0.25) is 14.9 Å². The van der Waals surface area contributed by atoms with Crippen LogP contribution in [-0.4, -0.2) is 31.1 Å². The molecule has 9 heteroatoms. The van der Waals surface area contributed by atoms with Crippen molar-refractivity contribution < 1.29 is 9.18 Å². The number of hydrogen-bond acceptors (Lipinski definition) is 5. The number of carbonyl (C=O) groups is 1. The number of unbranched alkanes of at least 4 members (excludes halogenated alkanes) is 1. The van der Waals surface area contributed by atoms with Crippen LogP contribution in [0.15, 0.2) is 67.1 Å². The molecule has 0 fully saturated rings. The fourth-order valence-electron chi connectivity index (χ4n) is 4.45. The smallest absolute Gasteiger partial charge is 0.224 e. The van der Waals surface area contributed by atoms with Gasteiger partial charge in [0.15, 0.2) is 5.13 Å². The fraction of sp³-hybridized carbons (Fsp3) is 0.143. The molecule has 1 aromatic carbocycles. The van der Waals surface area contributed by atoms with Crippen molar-refractivity contribution in [3.05, 3.63) is 72.3 Å². The van der Waals surface area contributed by atoms with Gasteiger partial charge in [0.2, 0.25) is 5.91 Å². The number of hydrogen-bond donors (Lipinski definition) is 3. The third-order valence-electron chi connectivity index (χ3n) is 6.30. The Bertz CT molecular complexity index is 1750. The predicted octanol–water partition coefficient (Wildman–Crippen LogP) is 7.16. The van der Waals surface area contributed by atoms with Gasteiger partial charge in [0.25, 0.3) is 0 Å². The molecule has 0 unspecified atom stereocenters. The Morgan fingerprint density at radius 2 is 1.97 bits per heavy atom. The van der Waals surface area contributed by atoms with Crippen LogP contribution in [0.25, 0.3) is 54.9 Å². The second-order valence-corrected chi connectivity index (χ2v) is 9.89. The molecule has 1 amide bonds. The average molecular weight is 511 g/mol. The third-order valence-corrected chi connectivity index (χ3v) is 7.21. The maximum atomic E-state index is 13.7. The monoisotopic (exact) mass is 510 g/mol. The molecule has 0 bridgehead atoms. The van der Waals surface area contributed by atoms with E-state index >= 15 is 0 Å². The minimum absolute atomic E-state index is 0.00884. The summed E-state index contributed by atoms with van der Waals surface area (Å²) in [5.74, 6) is -0.00884. The van der Waals surface area contributed by atoms with Crippen molar-refractivity contribution in [1.82, 2.24) is 25.1 Å². The first-order valence-corrected chi connectivity index (χ1v) is 12.9. The van der Waals surface area contributed by atoms with Crippen LogP contribution in [0.1, 0.15) is 26.2 Å². The molecule has 0 aliphatic heterocycles. The molecule has 5 aromatic heterocycles. The highest BCUT2D eigenvalue weighted by Crippen LogP contribution is 2.36. The number of amides is 1. The lowest BCUT2D eigenvalue weighted by molar-refractivity contribution is -0.116. The number of nitrogens with one attached hydrogen (secondary N) is 3. The second-order valence-electron chi connectivity index (χ2n) is 8.85. The first kappa shape index (κ1) is 23.1. The van der Waals surface area contributed by atoms with Crippen molar-refractivity contribution in [2.75, 3.05) is 5.32 Å². The number of halogens is 1. The van der Waals surface area contributed by atoms with Crippen LogP contribution >= 0.6 is 11.3 Å². The lowest BCUT2D eigenvalue weighted by Crippen LogP contribution is -2.11. The van der Waals surface area contributed by atoms with Crippen LogP contribution in [0.2, 0.25) is 0 Å². The molecule has 0 saturated heterocycles. The molecule has 5 heterocycles. The van der Waals surface area contributed by atoms with Gasteiger partial charge < -0.3 is 10.3 Å². The van der Waals surface area contributed by atoms with E-state index in [4.69, 9.17) is 0 Å².